The van der Waals surface area contributed by atoms with Gasteiger partial charge in [0.25, 0.3) is 0 Å². The van der Waals surface area contributed by atoms with Crippen LogP contribution in [0.5, 0.6) is 0 Å². The Balaban J connectivity index is 3.95. The second kappa shape index (κ2) is 5.16. The Morgan fingerprint density at radius 2 is 1.50 bits per heavy atom. The lowest BCUT2D eigenvalue weighted by Gasteiger charge is -2.31. The molecule has 1 nitrogen and oxygen atoms in total. The zero-order valence-electron chi connectivity index (χ0n) is 11.2. The smallest absolute Gasteiger partial charge is 0.00408 e. The minimum Gasteiger partial charge on any atom is -0.317 e. The maximum atomic E-state index is 3.32. The highest BCUT2D eigenvalue weighted by atomic mass is 14.9. The quantitative estimate of drug-likeness (QED) is 0.709. The van der Waals surface area contributed by atoms with Gasteiger partial charge in [0.15, 0.2) is 0 Å². The van der Waals surface area contributed by atoms with Gasteiger partial charge in [-0.1, -0.05) is 34.6 Å². The van der Waals surface area contributed by atoms with Crippen molar-refractivity contribution in [2.45, 2.75) is 66.8 Å². The van der Waals surface area contributed by atoms with Crippen LogP contribution in [0.2, 0.25) is 0 Å². The number of rotatable bonds is 5. The van der Waals surface area contributed by atoms with Crippen LogP contribution in [0.4, 0.5) is 0 Å². The van der Waals surface area contributed by atoms with Crippen molar-refractivity contribution in [1.29, 1.82) is 0 Å². The summed E-state index contributed by atoms with van der Waals surface area (Å²) in [6.45, 7) is 14.0. The van der Waals surface area contributed by atoms with E-state index in [-0.39, 0.29) is 0 Å². The average molecular weight is 199 g/mol. The van der Waals surface area contributed by atoms with E-state index in [1.54, 1.807) is 0 Å². The molecule has 0 amide bonds. The third-order valence-corrected chi connectivity index (χ3v) is 2.90. The van der Waals surface area contributed by atoms with Crippen molar-refractivity contribution in [2.75, 3.05) is 7.05 Å². The highest BCUT2D eigenvalue weighted by Crippen LogP contribution is 2.33. The summed E-state index contributed by atoms with van der Waals surface area (Å²) in [6, 6.07) is 0.630. The minimum atomic E-state index is 0.468. The first-order valence-electron chi connectivity index (χ1n) is 5.83. The van der Waals surface area contributed by atoms with E-state index in [0.29, 0.717) is 16.9 Å². The first kappa shape index (κ1) is 14.0. The average Bonchev–Trinajstić information content (AvgIpc) is 1.99. The molecule has 0 fully saturated rings. The molecular weight excluding hydrogens is 170 g/mol. The van der Waals surface area contributed by atoms with Crippen molar-refractivity contribution in [3.05, 3.63) is 0 Å². The molecule has 0 spiro atoms. The summed E-state index contributed by atoms with van der Waals surface area (Å²) in [5.41, 5.74) is 0.940. The van der Waals surface area contributed by atoms with Crippen LogP contribution in [0.25, 0.3) is 0 Å². The molecule has 0 saturated heterocycles. The first-order valence-corrected chi connectivity index (χ1v) is 5.83. The predicted octanol–water partition coefficient (Wildman–Crippen LogP) is 3.84. The Labute approximate surface area is 90.7 Å². The highest BCUT2D eigenvalue weighted by Gasteiger charge is 2.23. The summed E-state index contributed by atoms with van der Waals surface area (Å²) >= 11 is 0. The summed E-state index contributed by atoms with van der Waals surface area (Å²) in [4.78, 5) is 0. The molecule has 0 aliphatic heterocycles. The lowest BCUT2D eigenvalue weighted by atomic mass is 9.77. The van der Waals surface area contributed by atoms with Gasteiger partial charge in [-0.25, -0.2) is 0 Å². The van der Waals surface area contributed by atoms with E-state index in [4.69, 9.17) is 0 Å². The van der Waals surface area contributed by atoms with Gasteiger partial charge >= 0.3 is 0 Å². The Hall–Kier alpha value is -0.0400. The molecule has 1 heteroatoms. The SMILES string of the molecule is CNC(C)CC(C)(C)CCC(C)(C)C. The van der Waals surface area contributed by atoms with Gasteiger partial charge < -0.3 is 5.32 Å². The third kappa shape index (κ3) is 7.37. The molecule has 0 bridgehead atoms. The molecule has 0 rings (SSSR count). The monoisotopic (exact) mass is 199 g/mol. The van der Waals surface area contributed by atoms with Gasteiger partial charge in [-0.3, -0.25) is 0 Å². The second-order valence-electron chi connectivity index (χ2n) is 6.62. The number of hydrogen-bond donors (Lipinski definition) is 1. The van der Waals surface area contributed by atoms with Crippen LogP contribution in [-0.4, -0.2) is 13.1 Å². The molecule has 1 unspecified atom stereocenters. The van der Waals surface area contributed by atoms with Crippen LogP contribution in [-0.2, 0) is 0 Å². The van der Waals surface area contributed by atoms with Crippen LogP contribution < -0.4 is 5.32 Å². The van der Waals surface area contributed by atoms with Gasteiger partial charge in [0.2, 0.25) is 0 Å². The second-order valence-corrected chi connectivity index (χ2v) is 6.62. The van der Waals surface area contributed by atoms with Crippen LogP contribution in [0.15, 0.2) is 0 Å². The van der Waals surface area contributed by atoms with Crippen molar-refractivity contribution in [1.82, 2.24) is 5.32 Å². The Bertz CT molecular complexity index is 153. The largest absolute Gasteiger partial charge is 0.317 e. The van der Waals surface area contributed by atoms with Gasteiger partial charge in [-0.05, 0) is 44.1 Å². The normalized spacial score (nSPS) is 15.6. The van der Waals surface area contributed by atoms with Crippen LogP contribution >= 0.6 is 0 Å². The molecule has 0 heterocycles. The molecule has 0 radical (unpaired) electrons. The number of hydrogen-bond acceptors (Lipinski definition) is 1. The molecule has 86 valence electrons. The molecule has 0 saturated carbocycles. The fourth-order valence-electron chi connectivity index (χ4n) is 1.75. The van der Waals surface area contributed by atoms with Crippen LogP contribution in [0, 0.1) is 10.8 Å². The topological polar surface area (TPSA) is 12.0 Å². The first-order chi connectivity index (χ1) is 6.16. The van der Waals surface area contributed by atoms with E-state index in [9.17, 15) is 0 Å². The van der Waals surface area contributed by atoms with E-state index < -0.39 is 0 Å². The van der Waals surface area contributed by atoms with Gasteiger partial charge in [0.05, 0.1) is 0 Å². The standard InChI is InChI=1S/C13H29N/c1-11(14-7)10-13(5,6)9-8-12(2,3)4/h11,14H,8-10H2,1-7H3. The maximum absolute atomic E-state index is 3.32. The van der Waals surface area contributed by atoms with Gasteiger partial charge in [-0.15, -0.1) is 0 Å². The Morgan fingerprint density at radius 1 is 1.00 bits per heavy atom. The molecule has 0 aromatic heterocycles. The predicted molar refractivity (Wildman–Crippen MR) is 65.6 cm³/mol. The fourth-order valence-corrected chi connectivity index (χ4v) is 1.75. The molecule has 0 aliphatic rings. The lowest BCUT2D eigenvalue weighted by molar-refractivity contribution is 0.223. The molecule has 0 aliphatic carbocycles. The molecule has 1 atom stereocenters. The molecule has 14 heavy (non-hydrogen) atoms. The van der Waals surface area contributed by atoms with Gasteiger partial charge in [0, 0.05) is 6.04 Å². The summed E-state index contributed by atoms with van der Waals surface area (Å²) in [6.07, 6.45) is 3.90. The van der Waals surface area contributed by atoms with E-state index in [2.05, 4.69) is 46.9 Å². The zero-order valence-corrected chi connectivity index (χ0v) is 11.2. The maximum Gasteiger partial charge on any atom is 0.00408 e. The van der Waals surface area contributed by atoms with Crippen molar-refractivity contribution in [2.24, 2.45) is 10.8 Å². The highest BCUT2D eigenvalue weighted by molar-refractivity contribution is 4.76. The van der Waals surface area contributed by atoms with Gasteiger partial charge in [0.1, 0.15) is 0 Å². The fraction of sp³-hybridized carbons (Fsp3) is 1.00. The Kier molecular flexibility index (Phi) is 5.14. The van der Waals surface area contributed by atoms with Crippen molar-refractivity contribution in [3.8, 4) is 0 Å². The summed E-state index contributed by atoms with van der Waals surface area (Å²) in [5.74, 6) is 0. The molecular formula is C13H29N. The molecule has 0 aromatic rings. The van der Waals surface area contributed by atoms with E-state index >= 15 is 0 Å². The number of nitrogens with one attached hydrogen (secondary N) is 1. The summed E-state index contributed by atoms with van der Waals surface area (Å²) in [5, 5.41) is 3.32. The van der Waals surface area contributed by atoms with E-state index in [0.717, 1.165) is 0 Å². The van der Waals surface area contributed by atoms with Crippen molar-refractivity contribution >= 4 is 0 Å². The summed E-state index contributed by atoms with van der Waals surface area (Å²) in [7, 11) is 2.05. The lowest BCUT2D eigenvalue weighted by Crippen LogP contribution is -2.29. The van der Waals surface area contributed by atoms with E-state index in [1.807, 2.05) is 7.05 Å². The molecule has 0 aromatic carbocycles. The minimum absolute atomic E-state index is 0.468. The van der Waals surface area contributed by atoms with Crippen LogP contribution in [0.3, 0.4) is 0 Å². The van der Waals surface area contributed by atoms with Crippen molar-refractivity contribution in [3.63, 3.8) is 0 Å². The summed E-state index contributed by atoms with van der Waals surface area (Å²) < 4.78 is 0. The molecule has 1 N–H and O–H groups in total. The van der Waals surface area contributed by atoms with E-state index in [1.165, 1.54) is 19.3 Å². The zero-order chi connectivity index (χ0) is 11.4. The Morgan fingerprint density at radius 3 is 1.86 bits per heavy atom. The van der Waals surface area contributed by atoms with Crippen molar-refractivity contribution < 1.29 is 0 Å². The van der Waals surface area contributed by atoms with Crippen LogP contribution in [0.1, 0.15) is 60.8 Å². The third-order valence-electron chi connectivity index (χ3n) is 2.90. The van der Waals surface area contributed by atoms with Gasteiger partial charge in [-0.2, -0.15) is 0 Å².